The largest absolute Gasteiger partial charge is 0.369 e. The third-order valence-electron chi connectivity index (χ3n) is 4.21. The quantitative estimate of drug-likeness (QED) is 0.378. The first kappa shape index (κ1) is 22.9. The number of piperazine rings is 1. The SMILES string of the molecule is CN=C(NCC(C)(C)C(N)=O)N1CC(=O)N(C(C)C)C(C)(C)C1.I. The molecule has 1 saturated heterocycles. The summed E-state index contributed by atoms with van der Waals surface area (Å²) in [5.41, 5.74) is 4.42. The number of aliphatic imine (C=N–C) groups is 1. The average molecular weight is 453 g/mol. The first-order chi connectivity index (χ1) is 10.4. The predicted molar refractivity (Wildman–Crippen MR) is 107 cm³/mol. The van der Waals surface area contributed by atoms with Crippen LogP contribution >= 0.6 is 24.0 Å². The van der Waals surface area contributed by atoms with Gasteiger partial charge in [0.1, 0.15) is 0 Å². The molecule has 0 atom stereocenters. The summed E-state index contributed by atoms with van der Waals surface area (Å²) in [5, 5.41) is 3.17. The number of hydrogen-bond acceptors (Lipinski definition) is 3. The third-order valence-corrected chi connectivity index (χ3v) is 4.21. The van der Waals surface area contributed by atoms with Crippen LogP contribution in [0.1, 0.15) is 41.5 Å². The van der Waals surface area contributed by atoms with Gasteiger partial charge in [-0.25, -0.2) is 0 Å². The summed E-state index contributed by atoms with van der Waals surface area (Å²) in [6.07, 6.45) is 0. The summed E-state index contributed by atoms with van der Waals surface area (Å²) in [4.78, 5) is 32.1. The number of nitrogens with two attached hydrogens (primary N) is 1. The molecule has 0 saturated carbocycles. The molecular formula is C16H32IN5O2. The van der Waals surface area contributed by atoms with Crippen LogP contribution < -0.4 is 11.1 Å². The second-order valence-corrected chi connectivity index (χ2v) is 7.67. The molecule has 3 N–H and O–H groups in total. The Balaban J connectivity index is 0.00000529. The van der Waals surface area contributed by atoms with Gasteiger partial charge in [-0.3, -0.25) is 14.6 Å². The Morgan fingerprint density at radius 2 is 1.96 bits per heavy atom. The van der Waals surface area contributed by atoms with E-state index in [1.54, 1.807) is 20.9 Å². The second-order valence-electron chi connectivity index (χ2n) is 7.67. The highest BCUT2D eigenvalue weighted by Crippen LogP contribution is 2.24. The Bertz CT molecular complexity index is 503. The van der Waals surface area contributed by atoms with Crippen LogP contribution in [0, 0.1) is 5.41 Å². The first-order valence-electron chi connectivity index (χ1n) is 8.00. The number of rotatable bonds is 4. The van der Waals surface area contributed by atoms with Crippen molar-refractivity contribution in [2.45, 2.75) is 53.1 Å². The number of carbonyl (C=O) groups is 2. The summed E-state index contributed by atoms with van der Waals surface area (Å²) in [6.45, 7) is 13.0. The van der Waals surface area contributed by atoms with E-state index >= 15 is 0 Å². The van der Waals surface area contributed by atoms with Crippen molar-refractivity contribution in [3.8, 4) is 0 Å². The lowest BCUT2D eigenvalue weighted by atomic mass is 9.93. The summed E-state index contributed by atoms with van der Waals surface area (Å²) in [6, 6.07) is 0.156. The van der Waals surface area contributed by atoms with Crippen molar-refractivity contribution in [3.05, 3.63) is 0 Å². The van der Waals surface area contributed by atoms with E-state index < -0.39 is 5.41 Å². The van der Waals surface area contributed by atoms with Gasteiger partial charge in [0.05, 0.1) is 17.5 Å². The lowest BCUT2D eigenvalue weighted by molar-refractivity contribution is -0.145. The zero-order valence-electron chi connectivity index (χ0n) is 15.8. The van der Waals surface area contributed by atoms with Gasteiger partial charge in [0.15, 0.2) is 5.96 Å². The Morgan fingerprint density at radius 1 is 1.42 bits per heavy atom. The number of halogens is 1. The Kier molecular flexibility index (Phi) is 7.98. The molecule has 0 aliphatic carbocycles. The smallest absolute Gasteiger partial charge is 0.242 e. The zero-order chi connectivity index (χ0) is 18.0. The maximum absolute atomic E-state index is 12.5. The minimum absolute atomic E-state index is 0. The average Bonchev–Trinajstić information content (AvgIpc) is 2.36. The van der Waals surface area contributed by atoms with E-state index in [0.29, 0.717) is 19.0 Å². The summed E-state index contributed by atoms with van der Waals surface area (Å²) >= 11 is 0. The van der Waals surface area contributed by atoms with Gasteiger partial charge in [-0.2, -0.15) is 0 Å². The highest BCUT2D eigenvalue weighted by molar-refractivity contribution is 14.0. The fourth-order valence-electron chi connectivity index (χ4n) is 3.03. The molecule has 1 fully saturated rings. The number of nitrogens with zero attached hydrogens (tertiary/aromatic N) is 3. The molecular weight excluding hydrogens is 421 g/mol. The van der Waals surface area contributed by atoms with Crippen LogP contribution in [0.25, 0.3) is 0 Å². The minimum atomic E-state index is -0.685. The van der Waals surface area contributed by atoms with Crippen LogP contribution in [-0.4, -0.2) is 65.8 Å². The van der Waals surface area contributed by atoms with Gasteiger partial charge < -0.3 is 20.9 Å². The molecule has 0 aromatic rings. The maximum atomic E-state index is 12.5. The van der Waals surface area contributed by atoms with Crippen LogP contribution in [0.15, 0.2) is 4.99 Å². The molecule has 0 radical (unpaired) electrons. The van der Waals surface area contributed by atoms with E-state index in [9.17, 15) is 9.59 Å². The van der Waals surface area contributed by atoms with E-state index in [4.69, 9.17) is 5.73 Å². The molecule has 8 heteroatoms. The summed E-state index contributed by atoms with van der Waals surface area (Å²) in [5.74, 6) is 0.319. The number of nitrogens with one attached hydrogen (secondary N) is 1. The van der Waals surface area contributed by atoms with Crippen molar-refractivity contribution in [2.75, 3.05) is 26.7 Å². The molecule has 140 valence electrons. The minimum Gasteiger partial charge on any atom is -0.369 e. The highest BCUT2D eigenvalue weighted by Gasteiger charge is 2.41. The molecule has 1 aliphatic heterocycles. The van der Waals surface area contributed by atoms with Crippen LogP contribution in [0.3, 0.4) is 0 Å². The second kappa shape index (κ2) is 8.35. The Labute approximate surface area is 162 Å². The number of guanidine groups is 1. The summed E-state index contributed by atoms with van der Waals surface area (Å²) in [7, 11) is 1.67. The Morgan fingerprint density at radius 3 is 2.33 bits per heavy atom. The molecule has 0 aromatic heterocycles. The van der Waals surface area contributed by atoms with Gasteiger partial charge in [0.2, 0.25) is 11.8 Å². The number of primary amides is 1. The third kappa shape index (κ3) is 5.22. The number of hydrogen-bond donors (Lipinski definition) is 2. The molecule has 0 unspecified atom stereocenters. The van der Waals surface area contributed by atoms with Crippen molar-refractivity contribution < 1.29 is 9.59 Å². The lowest BCUT2D eigenvalue weighted by Crippen LogP contribution is -2.66. The molecule has 2 amide bonds. The van der Waals surface area contributed by atoms with Crippen molar-refractivity contribution in [1.29, 1.82) is 0 Å². The van der Waals surface area contributed by atoms with Crippen molar-refractivity contribution >= 4 is 41.8 Å². The van der Waals surface area contributed by atoms with E-state index in [1.165, 1.54) is 0 Å². The van der Waals surface area contributed by atoms with E-state index in [-0.39, 0.29) is 53.9 Å². The topological polar surface area (TPSA) is 91.0 Å². The van der Waals surface area contributed by atoms with Gasteiger partial charge in [0, 0.05) is 26.2 Å². The Hall–Kier alpha value is -1.06. The highest BCUT2D eigenvalue weighted by atomic mass is 127. The monoisotopic (exact) mass is 453 g/mol. The van der Waals surface area contributed by atoms with Crippen molar-refractivity contribution in [2.24, 2.45) is 16.1 Å². The molecule has 0 spiro atoms. The molecule has 1 aliphatic rings. The van der Waals surface area contributed by atoms with Crippen LogP contribution in [0.2, 0.25) is 0 Å². The van der Waals surface area contributed by atoms with Gasteiger partial charge in [-0.05, 0) is 41.5 Å². The number of amides is 2. The normalized spacial score (nSPS) is 18.5. The standard InChI is InChI=1S/C16H31N5O2.HI/c1-11(2)21-12(22)8-20(10-16(21,5)6)14(18-7)19-9-15(3,4)13(17)23;/h11H,8-10H2,1-7H3,(H2,17,23)(H,18,19);1H. The summed E-state index contributed by atoms with van der Waals surface area (Å²) < 4.78 is 0. The molecule has 1 rings (SSSR count). The van der Waals surface area contributed by atoms with Crippen LogP contribution in [0.5, 0.6) is 0 Å². The zero-order valence-corrected chi connectivity index (χ0v) is 18.2. The molecule has 24 heavy (non-hydrogen) atoms. The van der Waals surface area contributed by atoms with E-state index in [0.717, 1.165) is 0 Å². The fourth-order valence-corrected chi connectivity index (χ4v) is 3.03. The van der Waals surface area contributed by atoms with Gasteiger partial charge in [-0.1, -0.05) is 0 Å². The van der Waals surface area contributed by atoms with Crippen LogP contribution in [-0.2, 0) is 9.59 Å². The molecule has 0 aromatic carbocycles. The molecule has 0 bridgehead atoms. The van der Waals surface area contributed by atoms with E-state index in [2.05, 4.69) is 24.2 Å². The predicted octanol–water partition coefficient (Wildman–Crippen LogP) is 1.02. The lowest BCUT2D eigenvalue weighted by Gasteiger charge is -2.49. The van der Waals surface area contributed by atoms with Gasteiger partial charge in [-0.15, -0.1) is 24.0 Å². The van der Waals surface area contributed by atoms with Crippen molar-refractivity contribution in [3.63, 3.8) is 0 Å². The number of carbonyl (C=O) groups excluding carboxylic acids is 2. The van der Waals surface area contributed by atoms with Gasteiger partial charge in [0.25, 0.3) is 0 Å². The first-order valence-corrected chi connectivity index (χ1v) is 8.00. The molecule has 7 nitrogen and oxygen atoms in total. The maximum Gasteiger partial charge on any atom is 0.242 e. The van der Waals surface area contributed by atoms with Crippen LogP contribution in [0.4, 0.5) is 0 Å². The fraction of sp³-hybridized carbons (Fsp3) is 0.812. The van der Waals surface area contributed by atoms with Crippen molar-refractivity contribution in [1.82, 2.24) is 15.1 Å². The van der Waals surface area contributed by atoms with Gasteiger partial charge >= 0.3 is 0 Å². The van der Waals surface area contributed by atoms with E-state index in [1.807, 2.05) is 23.6 Å². The molecule has 1 heterocycles.